The number of nitrogens with one attached hydrogen (secondary N) is 3. The molecule has 0 saturated carbocycles. The molecular formula is C21H28N4O2. The van der Waals surface area contributed by atoms with Gasteiger partial charge < -0.3 is 20.7 Å². The molecular weight excluding hydrogens is 340 g/mol. The molecule has 0 aliphatic rings. The van der Waals surface area contributed by atoms with Gasteiger partial charge in [-0.05, 0) is 31.5 Å². The minimum atomic E-state index is -0.103. The number of hydrogen-bond acceptors (Lipinski definition) is 3. The van der Waals surface area contributed by atoms with E-state index in [9.17, 15) is 4.79 Å². The number of carbonyl (C=O) groups is 1. The van der Waals surface area contributed by atoms with Crippen molar-refractivity contribution in [3.63, 3.8) is 0 Å². The summed E-state index contributed by atoms with van der Waals surface area (Å²) in [4.78, 5) is 15.7. The molecule has 144 valence electrons. The van der Waals surface area contributed by atoms with Crippen molar-refractivity contribution in [3.05, 3.63) is 59.7 Å². The van der Waals surface area contributed by atoms with Crippen molar-refractivity contribution in [3.8, 4) is 5.75 Å². The molecule has 0 aromatic heterocycles. The van der Waals surface area contributed by atoms with E-state index in [1.54, 1.807) is 6.07 Å². The van der Waals surface area contributed by atoms with E-state index in [1.165, 1.54) is 18.1 Å². The van der Waals surface area contributed by atoms with Crippen LogP contribution in [0.25, 0.3) is 0 Å². The first kappa shape index (κ1) is 20.3. The normalized spacial score (nSPS) is 11.0. The fourth-order valence-corrected chi connectivity index (χ4v) is 2.53. The summed E-state index contributed by atoms with van der Waals surface area (Å²) in [5.74, 6) is 1.37. The van der Waals surface area contributed by atoms with Gasteiger partial charge in [-0.1, -0.05) is 35.9 Å². The van der Waals surface area contributed by atoms with Gasteiger partial charge in [-0.15, -0.1) is 0 Å². The molecule has 2 rings (SSSR count). The standard InChI is InChI=1S/C21H28N4O2/c1-4-22-21(24-15-18-8-5-7-16(2)13-18)23-11-12-27-20-10-6-9-19(14-20)25-17(3)26/h5-10,13-14H,4,11-12,15H2,1-3H3,(H,25,26)(H2,22,23,24). The van der Waals surface area contributed by atoms with Gasteiger partial charge in [0.05, 0.1) is 13.1 Å². The first-order valence-electron chi connectivity index (χ1n) is 9.15. The topological polar surface area (TPSA) is 74.8 Å². The monoisotopic (exact) mass is 368 g/mol. The van der Waals surface area contributed by atoms with Crippen molar-refractivity contribution in [2.75, 3.05) is 25.0 Å². The molecule has 0 atom stereocenters. The lowest BCUT2D eigenvalue weighted by Gasteiger charge is -2.13. The van der Waals surface area contributed by atoms with Crippen molar-refractivity contribution in [1.29, 1.82) is 0 Å². The Morgan fingerprint density at radius 2 is 1.93 bits per heavy atom. The van der Waals surface area contributed by atoms with Gasteiger partial charge in [0.25, 0.3) is 0 Å². The molecule has 0 unspecified atom stereocenters. The number of rotatable bonds is 8. The van der Waals surface area contributed by atoms with Crippen molar-refractivity contribution in [2.24, 2.45) is 4.99 Å². The third kappa shape index (κ3) is 7.81. The van der Waals surface area contributed by atoms with E-state index in [1.807, 2.05) is 31.2 Å². The van der Waals surface area contributed by atoms with Crippen LogP contribution in [0.2, 0.25) is 0 Å². The lowest BCUT2D eigenvalue weighted by Crippen LogP contribution is -2.39. The predicted octanol–water partition coefficient (Wildman–Crippen LogP) is 3.09. The molecule has 6 nitrogen and oxygen atoms in total. The highest BCUT2D eigenvalue weighted by Gasteiger charge is 2.01. The van der Waals surface area contributed by atoms with Crippen molar-refractivity contribution < 1.29 is 9.53 Å². The molecule has 0 saturated heterocycles. The zero-order valence-electron chi connectivity index (χ0n) is 16.2. The Labute approximate surface area is 161 Å². The molecule has 3 N–H and O–H groups in total. The molecule has 0 bridgehead atoms. The lowest BCUT2D eigenvalue weighted by molar-refractivity contribution is -0.114. The molecule has 1 amide bonds. The van der Waals surface area contributed by atoms with Crippen molar-refractivity contribution >= 4 is 17.6 Å². The number of anilines is 1. The van der Waals surface area contributed by atoms with Crippen LogP contribution in [0.3, 0.4) is 0 Å². The van der Waals surface area contributed by atoms with Crippen molar-refractivity contribution in [1.82, 2.24) is 10.6 Å². The minimum Gasteiger partial charge on any atom is -0.492 e. The molecule has 0 aliphatic carbocycles. The Balaban J connectivity index is 1.82. The maximum Gasteiger partial charge on any atom is 0.221 e. The molecule has 0 spiro atoms. The Bertz CT molecular complexity index is 774. The maximum absolute atomic E-state index is 11.1. The third-order valence-corrected chi connectivity index (χ3v) is 3.66. The number of carbonyl (C=O) groups excluding carboxylic acids is 1. The van der Waals surface area contributed by atoms with Gasteiger partial charge in [-0.3, -0.25) is 4.79 Å². The number of aliphatic imine (C=N–C) groups is 1. The van der Waals surface area contributed by atoms with Crippen molar-refractivity contribution in [2.45, 2.75) is 27.3 Å². The molecule has 0 fully saturated rings. The second-order valence-electron chi connectivity index (χ2n) is 6.17. The summed E-state index contributed by atoms with van der Waals surface area (Å²) in [6.45, 7) is 8.11. The lowest BCUT2D eigenvalue weighted by atomic mass is 10.1. The SMILES string of the molecule is CCNC(=NCc1cccc(C)c1)NCCOc1cccc(NC(C)=O)c1. The van der Waals surface area contributed by atoms with Crippen LogP contribution in [0, 0.1) is 6.92 Å². The van der Waals surface area contributed by atoms with Gasteiger partial charge in [0, 0.05) is 25.2 Å². The average molecular weight is 368 g/mol. The number of amides is 1. The minimum absolute atomic E-state index is 0.103. The summed E-state index contributed by atoms with van der Waals surface area (Å²) in [7, 11) is 0. The number of benzene rings is 2. The van der Waals surface area contributed by atoms with Crippen LogP contribution < -0.4 is 20.7 Å². The zero-order valence-corrected chi connectivity index (χ0v) is 16.2. The maximum atomic E-state index is 11.1. The molecule has 27 heavy (non-hydrogen) atoms. The van der Waals surface area contributed by atoms with E-state index >= 15 is 0 Å². The van der Waals surface area contributed by atoms with Gasteiger partial charge in [0.15, 0.2) is 5.96 Å². The number of ether oxygens (including phenoxy) is 1. The van der Waals surface area contributed by atoms with Gasteiger partial charge in [-0.2, -0.15) is 0 Å². The second kappa shape index (κ2) is 10.9. The average Bonchev–Trinajstić information content (AvgIpc) is 2.63. The van der Waals surface area contributed by atoms with Gasteiger partial charge >= 0.3 is 0 Å². The van der Waals surface area contributed by atoms with E-state index in [4.69, 9.17) is 4.74 Å². The molecule has 0 aliphatic heterocycles. The predicted molar refractivity (Wildman–Crippen MR) is 110 cm³/mol. The summed E-state index contributed by atoms with van der Waals surface area (Å²) in [5.41, 5.74) is 3.13. The Hall–Kier alpha value is -3.02. The van der Waals surface area contributed by atoms with Crippen LogP contribution in [-0.4, -0.2) is 31.6 Å². The number of guanidine groups is 1. The van der Waals surface area contributed by atoms with Gasteiger partial charge in [0.1, 0.15) is 12.4 Å². The van der Waals surface area contributed by atoms with E-state index in [-0.39, 0.29) is 5.91 Å². The fourth-order valence-electron chi connectivity index (χ4n) is 2.53. The van der Waals surface area contributed by atoms with E-state index < -0.39 is 0 Å². The summed E-state index contributed by atoms with van der Waals surface area (Å²) >= 11 is 0. The molecule has 2 aromatic carbocycles. The third-order valence-electron chi connectivity index (χ3n) is 3.66. The summed E-state index contributed by atoms with van der Waals surface area (Å²) in [5, 5.41) is 9.24. The first-order chi connectivity index (χ1) is 13.1. The van der Waals surface area contributed by atoms with E-state index in [2.05, 4.69) is 46.1 Å². The molecule has 0 radical (unpaired) electrons. The summed E-state index contributed by atoms with van der Waals surface area (Å²) < 4.78 is 5.74. The van der Waals surface area contributed by atoms with E-state index in [0.29, 0.717) is 25.4 Å². The van der Waals surface area contributed by atoms with E-state index in [0.717, 1.165) is 18.2 Å². The first-order valence-corrected chi connectivity index (χ1v) is 9.15. The summed E-state index contributed by atoms with van der Waals surface area (Å²) in [6.07, 6.45) is 0. The summed E-state index contributed by atoms with van der Waals surface area (Å²) in [6, 6.07) is 15.7. The zero-order chi connectivity index (χ0) is 19.5. The molecule has 2 aromatic rings. The number of hydrogen-bond donors (Lipinski definition) is 3. The number of nitrogens with zero attached hydrogens (tertiary/aromatic N) is 1. The highest BCUT2D eigenvalue weighted by Crippen LogP contribution is 2.17. The van der Waals surface area contributed by atoms with Crippen LogP contribution in [-0.2, 0) is 11.3 Å². The highest BCUT2D eigenvalue weighted by atomic mass is 16.5. The molecule has 0 heterocycles. The second-order valence-corrected chi connectivity index (χ2v) is 6.17. The van der Waals surface area contributed by atoms with Crippen LogP contribution in [0.5, 0.6) is 5.75 Å². The van der Waals surface area contributed by atoms with Crippen LogP contribution in [0.1, 0.15) is 25.0 Å². The van der Waals surface area contributed by atoms with Gasteiger partial charge in [0.2, 0.25) is 5.91 Å². The largest absolute Gasteiger partial charge is 0.492 e. The Kier molecular flexibility index (Phi) is 8.16. The Morgan fingerprint density at radius 1 is 1.11 bits per heavy atom. The van der Waals surface area contributed by atoms with Crippen LogP contribution in [0.15, 0.2) is 53.5 Å². The fraction of sp³-hybridized carbons (Fsp3) is 0.333. The quantitative estimate of drug-likeness (QED) is 0.380. The van der Waals surface area contributed by atoms with Crippen LogP contribution >= 0.6 is 0 Å². The smallest absolute Gasteiger partial charge is 0.221 e. The Morgan fingerprint density at radius 3 is 2.67 bits per heavy atom. The van der Waals surface area contributed by atoms with Crippen LogP contribution in [0.4, 0.5) is 5.69 Å². The van der Waals surface area contributed by atoms with Gasteiger partial charge in [-0.25, -0.2) is 4.99 Å². The number of aryl methyl sites for hydroxylation is 1. The molecule has 6 heteroatoms. The highest BCUT2D eigenvalue weighted by molar-refractivity contribution is 5.88.